The Bertz CT molecular complexity index is 302. The molecule has 0 aliphatic carbocycles. The lowest BCUT2D eigenvalue weighted by Gasteiger charge is -2.36. The summed E-state index contributed by atoms with van der Waals surface area (Å²) in [5.74, 6) is -1.20. The number of nitrogens with zero attached hydrogens (tertiary/aromatic N) is 1. The quantitative estimate of drug-likeness (QED) is 0.759. The van der Waals surface area contributed by atoms with Gasteiger partial charge in [-0.3, -0.25) is 9.59 Å². The van der Waals surface area contributed by atoms with Crippen LogP contribution < -0.4 is 5.73 Å². The average Bonchev–Trinajstić information content (AvgIpc) is 2.28. The second kappa shape index (κ2) is 5.49. The highest BCUT2D eigenvalue weighted by Crippen LogP contribution is 2.26. The number of carboxylic acids is 1. The van der Waals surface area contributed by atoms with Gasteiger partial charge in [0.15, 0.2) is 0 Å². The molecule has 0 aromatic carbocycles. The first-order valence-corrected chi connectivity index (χ1v) is 6.10. The molecule has 1 amide bonds. The minimum atomic E-state index is -0.806. The zero-order chi connectivity index (χ0) is 13.1. The molecule has 0 spiro atoms. The van der Waals surface area contributed by atoms with Crippen molar-refractivity contribution < 1.29 is 14.7 Å². The molecule has 1 aliphatic heterocycles. The van der Waals surface area contributed by atoms with E-state index in [4.69, 9.17) is 10.8 Å². The first-order chi connectivity index (χ1) is 7.88. The summed E-state index contributed by atoms with van der Waals surface area (Å²) >= 11 is 0. The number of nitrogens with two attached hydrogens (primary N) is 1. The van der Waals surface area contributed by atoms with E-state index in [0.717, 1.165) is 6.42 Å². The van der Waals surface area contributed by atoms with Crippen molar-refractivity contribution in [3.63, 3.8) is 0 Å². The van der Waals surface area contributed by atoms with Gasteiger partial charge in [0.2, 0.25) is 5.91 Å². The molecule has 0 radical (unpaired) electrons. The molecular formula is C12H22N2O3. The normalized spacial score (nSPS) is 21.4. The maximum absolute atomic E-state index is 12.3. The van der Waals surface area contributed by atoms with Crippen LogP contribution in [0.15, 0.2) is 0 Å². The number of carbonyl (C=O) groups is 2. The summed E-state index contributed by atoms with van der Waals surface area (Å²) in [7, 11) is 0. The van der Waals surface area contributed by atoms with E-state index >= 15 is 0 Å². The molecule has 0 saturated carbocycles. The molecule has 0 aromatic heterocycles. The molecule has 1 fully saturated rings. The molecule has 5 nitrogen and oxygen atoms in total. The SMILES string of the molecule is CC(C)(CCN)C(=O)N1CCCC(C(=O)O)C1. The molecule has 1 aliphatic rings. The molecule has 5 heteroatoms. The Labute approximate surface area is 102 Å². The van der Waals surface area contributed by atoms with E-state index in [1.165, 1.54) is 0 Å². The van der Waals surface area contributed by atoms with Gasteiger partial charge in [0.1, 0.15) is 0 Å². The Hall–Kier alpha value is -1.10. The zero-order valence-electron chi connectivity index (χ0n) is 10.6. The summed E-state index contributed by atoms with van der Waals surface area (Å²) in [6.45, 7) is 5.20. The summed E-state index contributed by atoms with van der Waals surface area (Å²) < 4.78 is 0. The minimum Gasteiger partial charge on any atom is -0.481 e. The minimum absolute atomic E-state index is 0.0221. The number of hydrogen-bond acceptors (Lipinski definition) is 3. The summed E-state index contributed by atoms with van der Waals surface area (Å²) in [5, 5.41) is 8.99. The molecule has 3 N–H and O–H groups in total. The van der Waals surface area contributed by atoms with Gasteiger partial charge in [0, 0.05) is 18.5 Å². The monoisotopic (exact) mass is 242 g/mol. The van der Waals surface area contributed by atoms with E-state index in [2.05, 4.69) is 0 Å². The van der Waals surface area contributed by atoms with Crippen LogP contribution in [0.25, 0.3) is 0 Å². The van der Waals surface area contributed by atoms with Gasteiger partial charge in [-0.1, -0.05) is 13.8 Å². The molecule has 0 aromatic rings. The van der Waals surface area contributed by atoms with Crippen LogP contribution in [0.4, 0.5) is 0 Å². The second-order valence-corrected chi connectivity index (χ2v) is 5.35. The molecule has 0 bridgehead atoms. The van der Waals surface area contributed by atoms with Gasteiger partial charge in [-0.2, -0.15) is 0 Å². The highest BCUT2D eigenvalue weighted by molar-refractivity contribution is 5.83. The van der Waals surface area contributed by atoms with E-state index in [1.807, 2.05) is 13.8 Å². The first-order valence-electron chi connectivity index (χ1n) is 6.10. The Morgan fingerprint density at radius 2 is 2.12 bits per heavy atom. The van der Waals surface area contributed by atoms with Crippen LogP contribution in [0.5, 0.6) is 0 Å². The number of carbonyl (C=O) groups excluding carboxylic acids is 1. The summed E-state index contributed by atoms with van der Waals surface area (Å²) in [6.07, 6.45) is 2.05. The van der Waals surface area contributed by atoms with E-state index < -0.39 is 17.3 Å². The van der Waals surface area contributed by atoms with Gasteiger partial charge in [0.05, 0.1) is 5.92 Å². The van der Waals surface area contributed by atoms with Gasteiger partial charge in [-0.15, -0.1) is 0 Å². The predicted octanol–water partition coefficient (Wildman–Crippen LogP) is 0.685. The van der Waals surface area contributed by atoms with Crippen LogP contribution in [-0.4, -0.2) is 41.5 Å². The molecule has 98 valence electrons. The van der Waals surface area contributed by atoms with Crippen LogP contribution >= 0.6 is 0 Å². The van der Waals surface area contributed by atoms with Gasteiger partial charge in [-0.05, 0) is 25.8 Å². The maximum atomic E-state index is 12.3. The number of amides is 1. The molecule has 1 heterocycles. The van der Waals surface area contributed by atoms with E-state index in [1.54, 1.807) is 4.90 Å². The first kappa shape index (κ1) is 14.0. The van der Waals surface area contributed by atoms with E-state index in [0.29, 0.717) is 32.5 Å². The fourth-order valence-corrected chi connectivity index (χ4v) is 2.26. The highest BCUT2D eigenvalue weighted by atomic mass is 16.4. The van der Waals surface area contributed by atoms with Crippen molar-refractivity contribution in [2.24, 2.45) is 17.1 Å². The van der Waals surface area contributed by atoms with Gasteiger partial charge in [0.25, 0.3) is 0 Å². The smallest absolute Gasteiger partial charge is 0.308 e. The number of hydrogen-bond donors (Lipinski definition) is 2. The molecule has 1 unspecified atom stereocenters. The van der Waals surface area contributed by atoms with Crippen molar-refractivity contribution in [3.8, 4) is 0 Å². The Balaban J connectivity index is 2.66. The Morgan fingerprint density at radius 1 is 1.47 bits per heavy atom. The average molecular weight is 242 g/mol. The summed E-state index contributed by atoms with van der Waals surface area (Å²) in [5.41, 5.74) is 5.00. The Kier molecular flexibility index (Phi) is 4.51. The molecule has 1 saturated heterocycles. The number of aliphatic carboxylic acids is 1. The lowest BCUT2D eigenvalue weighted by atomic mass is 9.86. The lowest BCUT2D eigenvalue weighted by molar-refractivity contribution is -0.148. The van der Waals surface area contributed by atoms with Crippen molar-refractivity contribution >= 4 is 11.9 Å². The van der Waals surface area contributed by atoms with Crippen molar-refractivity contribution in [1.29, 1.82) is 0 Å². The van der Waals surface area contributed by atoms with Crippen LogP contribution in [0.1, 0.15) is 33.1 Å². The predicted molar refractivity (Wildman–Crippen MR) is 64.4 cm³/mol. The molecular weight excluding hydrogens is 220 g/mol. The third-order valence-corrected chi connectivity index (χ3v) is 3.41. The number of carboxylic acid groups (broad SMARTS) is 1. The number of piperidine rings is 1. The van der Waals surface area contributed by atoms with Crippen molar-refractivity contribution in [3.05, 3.63) is 0 Å². The van der Waals surface area contributed by atoms with Crippen molar-refractivity contribution in [1.82, 2.24) is 4.90 Å². The van der Waals surface area contributed by atoms with Crippen molar-refractivity contribution in [2.75, 3.05) is 19.6 Å². The number of rotatable bonds is 4. The fourth-order valence-electron chi connectivity index (χ4n) is 2.26. The zero-order valence-corrected chi connectivity index (χ0v) is 10.6. The third kappa shape index (κ3) is 3.43. The maximum Gasteiger partial charge on any atom is 0.308 e. The topological polar surface area (TPSA) is 83.6 Å². The molecule has 17 heavy (non-hydrogen) atoms. The van der Waals surface area contributed by atoms with Gasteiger partial charge in [-0.25, -0.2) is 0 Å². The van der Waals surface area contributed by atoms with Gasteiger partial charge < -0.3 is 15.7 Å². The largest absolute Gasteiger partial charge is 0.481 e. The van der Waals surface area contributed by atoms with E-state index in [9.17, 15) is 9.59 Å². The second-order valence-electron chi connectivity index (χ2n) is 5.35. The third-order valence-electron chi connectivity index (χ3n) is 3.41. The van der Waals surface area contributed by atoms with E-state index in [-0.39, 0.29) is 5.91 Å². The van der Waals surface area contributed by atoms with Crippen molar-refractivity contribution in [2.45, 2.75) is 33.1 Å². The van der Waals surface area contributed by atoms with Crippen LogP contribution in [0.2, 0.25) is 0 Å². The molecule has 1 atom stereocenters. The standard InChI is InChI=1S/C12H22N2O3/c1-12(2,5-6-13)11(17)14-7-3-4-9(8-14)10(15)16/h9H,3-8,13H2,1-2H3,(H,15,16). The fraction of sp³-hybridized carbons (Fsp3) is 0.833. The summed E-state index contributed by atoms with van der Waals surface area (Å²) in [6, 6.07) is 0. The Morgan fingerprint density at radius 3 is 2.65 bits per heavy atom. The van der Waals surface area contributed by atoms with Crippen LogP contribution in [0, 0.1) is 11.3 Å². The van der Waals surface area contributed by atoms with Crippen LogP contribution in [-0.2, 0) is 9.59 Å². The molecule has 1 rings (SSSR count). The highest BCUT2D eigenvalue weighted by Gasteiger charge is 2.35. The summed E-state index contributed by atoms with van der Waals surface area (Å²) in [4.78, 5) is 24.9. The van der Waals surface area contributed by atoms with Gasteiger partial charge >= 0.3 is 5.97 Å². The lowest BCUT2D eigenvalue weighted by Crippen LogP contribution is -2.48. The van der Waals surface area contributed by atoms with Crippen LogP contribution in [0.3, 0.4) is 0 Å². The number of likely N-dealkylation sites (tertiary alicyclic amines) is 1.